The van der Waals surface area contributed by atoms with Crippen LogP contribution in [0.25, 0.3) is 11.0 Å². The van der Waals surface area contributed by atoms with Crippen molar-refractivity contribution in [3.63, 3.8) is 0 Å². The Morgan fingerprint density at radius 3 is 2.83 bits per heavy atom. The summed E-state index contributed by atoms with van der Waals surface area (Å²) in [6, 6.07) is 2.66. The molecule has 0 aliphatic carbocycles. The summed E-state index contributed by atoms with van der Waals surface area (Å²) in [6.45, 7) is -0.0657. The van der Waals surface area contributed by atoms with Crippen molar-refractivity contribution in [3.8, 4) is 0 Å². The minimum Gasteiger partial charge on any atom is -0.368 e. The van der Waals surface area contributed by atoms with Gasteiger partial charge in [-0.25, -0.2) is 9.37 Å². The fourth-order valence-corrected chi connectivity index (χ4v) is 2.10. The summed E-state index contributed by atoms with van der Waals surface area (Å²) in [5, 5.41) is -0.0105. The van der Waals surface area contributed by atoms with Crippen molar-refractivity contribution in [1.82, 2.24) is 9.55 Å². The second kappa shape index (κ2) is 5.12. The monoisotopic (exact) mass is 289 g/mol. The van der Waals surface area contributed by atoms with Crippen LogP contribution in [0.3, 0.4) is 0 Å². The predicted molar refractivity (Wildman–Crippen MR) is 68.3 cm³/mol. The molecule has 2 rings (SSSR count). The van der Waals surface area contributed by atoms with Crippen LogP contribution in [0.2, 0.25) is 5.02 Å². The van der Waals surface area contributed by atoms with Gasteiger partial charge in [0.05, 0.1) is 16.1 Å². The summed E-state index contributed by atoms with van der Waals surface area (Å²) in [6.07, 6.45) is 0.461. The lowest BCUT2D eigenvalue weighted by Gasteiger charge is -2.05. The van der Waals surface area contributed by atoms with E-state index in [-0.39, 0.29) is 11.6 Å². The molecule has 0 bridgehead atoms. The average Bonchev–Trinajstić information content (AvgIpc) is 2.58. The highest BCUT2D eigenvalue weighted by atomic mass is 35.5. The van der Waals surface area contributed by atoms with E-state index in [2.05, 4.69) is 4.98 Å². The third-order valence-electron chi connectivity index (χ3n) is 2.50. The molecular weight excluding hydrogens is 280 g/mol. The van der Waals surface area contributed by atoms with Crippen molar-refractivity contribution < 1.29 is 9.18 Å². The van der Waals surface area contributed by atoms with Crippen molar-refractivity contribution in [2.45, 2.75) is 13.0 Å². The molecule has 2 aromatic rings. The Balaban J connectivity index is 2.64. The molecule has 96 valence electrons. The predicted octanol–water partition coefficient (Wildman–Crippen LogP) is 2.10. The van der Waals surface area contributed by atoms with E-state index in [1.165, 1.54) is 12.1 Å². The van der Waals surface area contributed by atoms with Gasteiger partial charge in [-0.05, 0) is 6.07 Å². The molecule has 0 radical (unpaired) electrons. The van der Waals surface area contributed by atoms with E-state index in [0.717, 1.165) is 0 Å². The number of aryl methyl sites for hydroxylation is 1. The van der Waals surface area contributed by atoms with Gasteiger partial charge in [0.1, 0.15) is 18.2 Å². The van der Waals surface area contributed by atoms with Crippen LogP contribution in [-0.2, 0) is 17.8 Å². The number of hydrogen-bond donors (Lipinski definition) is 1. The molecule has 0 aliphatic rings. The fraction of sp³-hybridized carbons (Fsp3) is 0.273. The lowest BCUT2D eigenvalue weighted by atomic mass is 10.3. The Bertz CT molecular complexity index is 612. The van der Waals surface area contributed by atoms with Gasteiger partial charge < -0.3 is 10.3 Å². The first kappa shape index (κ1) is 13.1. The number of fused-ring (bicyclic) bond motifs is 1. The van der Waals surface area contributed by atoms with Gasteiger partial charge in [0.15, 0.2) is 0 Å². The number of alkyl halides is 1. The van der Waals surface area contributed by atoms with Crippen molar-refractivity contribution in [1.29, 1.82) is 0 Å². The Morgan fingerprint density at radius 2 is 2.22 bits per heavy atom. The maximum Gasteiger partial charge on any atom is 0.237 e. The Hall–Kier alpha value is -1.33. The minimum atomic E-state index is -0.563. The second-order valence-corrected chi connectivity index (χ2v) is 4.56. The molecule has 0 unspecified atom stereocenters. The van der Waals surface area contributed by atoms with Crippen LogP contribution in [0.15, 0.2) is 12.1 Å². The van der Waals surface area contributed by atoms with Gasteiger partial charge >= 0.3 is 0 Å². The molecule has 0 aliphatic heterocycles. The summed E-state index contributed by atoms with van der Waals surface area (Å²) in [5.41, 5.74) is 6.17. The van der Waals surface area contributed by atoms with Gasteiger partial charge in [-0.1, -0.05) is 11.6 Å². The number of imidazole rings is 1. The number of carbonyl (C=O) groups is 1. The summed E-state index contributed by atoms with van der Waals surface area (Å²) >= 11 is 11.4. The molecule has 0 atom stereocenters. The van der Waals surface area contributed by atoms with Gasteiger partial charge in [0.2, 0.25) is 5.91 Å². The Morgan fingerprint density at radius 1 is 1.50 bits per heavy atom. The number of carbonyl (C=O) groups excluding carboxylic acids is 1. The van der Waals surface area contributed by atoms with Crippen LogP contribution in [-0.4, -0.2) is 21.3 Å². The van der Waals surface area contributed by atoms with E-state index in [1.807, 2.05) is 0 Å². The molecule has 0 fully saturated rings. The number of aromatic nitrogens is 2. The summed E-state index contributed by atoms with van der Waals surface area (Å²) < 4.78 is 15.0. The van der Waals surface area contributed by atoms with Crippen LogP contribution < -0.4 is 5.73 Å². The molecule has 4 nitrogen and oxygen atoms in total. The van der Waals surface area contributed by atoms with Crippen LogP contribution in [0.5, 0.6) is 0 Å². The van der Waals surface area contributed by atoms with Crippen molar-refractivity contribution in [2.75, 3.05) is 5.88 Å². The highest BCUT2D eigenvalue weighted by molar-refractivity contribution is 6.31. The number of hydrogen-bond acceptors (Lipinski definition) is 2. The summed E-state index contributed by atoms with van der Waals surface area (Å²) in [5.74, 6) is -0.161. The zero-order valence-electron chi connectivity index (χ0n) is 9.29. The molecule has 1 heterocycles. The zero-order valence-corrected chi connectivity index (χ0v) is 10.8. The van der Waals surface area contributed by atoms with E-state index in [0.29, 0.717) is 29.2 Å². The van der Waals surface area contributed by atoms with E-state index >= 15 is 0 Å². The SMILES string of the molecule is NC(=O)Cn1c(CCCl)nc2cc(Cl)c(F)cc21. The summed E-state index contributed by atoms with van der Waals surface area (Å²) in [7, 11) is 0. The van der Waals surface area contributed by atoms with E-state index in [1.54, 1.807) is 4.57 Å². The number of halogens is 3. The first-order chi connectivity index (χ1) is 8.52. The van der Waals surface area contributed by atoms with Crippen molar-refractivity contribution >= 4 is 40.1 Å². The highest BCUT2D eigenvalue weighted by Crippen LogP contribution is 2.24. The van der Waals surface area contributed by atoms with Crippen molar-refractivity contribution in [2.24, 2.45) is 5.73 Å². The maximum absolute atomic E-state index is 13.4. The Labute approximate surface area is 112 Å². The topological polar surface area (TPSA) is 60.9 Å². The van der Waals surface area contributed by atoms with Gasteiger partial charge in [0.25, 0.3) is 0 Å². The van der Waals surface area contributed by atoms with Crippen LogP contribution >= 0.6 is 23.2 Å². The molecule has 1 amide bonds. The second-order valence-electron chi connectivity index (χ2n) is 3.77. The molecule has 1 aromatic carbocycles. The van der Waals surface area contributed by atoms with E-state index in [9.17, 15) is 9.18 Å². The van der Waals surface area contributed by atoms with Crippen LogP contribution in [0.1, 0.15) is 5.82 Å². The smallest absolute Gasteiger partial charge is 0.237 e. The van der Waals surface area contributed by atoms with Crippen LogP contribution in [0, 0.1) is 5.82 Å². The van der Waals surface area contributed by atoms with Crippen molar-refractivity contribution in [3.05, 3.63) is 28.8 Å². The lowest BCUT2D eigenvalue weighted by molar-refractivity contribution is -0.118. The number of benzene rings is 1. The lowest BCUT2D eigenvalue weighted by Crippen LogP contribution is -2.20. The molecule has 7 heteroatoms. The van der Waals surface area contributed by atoms with E-state index < -0.39 is 11.7 Å². The van der Waals surface area contributed by atoms with Crippen LogP contribution in [0.4, 0.5) is 4.39 Å². The molecule has 2 N–H and O–H groups in total. The first-order valence-corrected chi connectivity index (χ1v) is 6.12. The number of nitrogens with two attached hydrogens (primary N) is 1. The minimum absolute atomic E-state index is 0.0105. The molecular formula is C11H10Cl2FN3O. The largest absolute Gasteiger partial charge is 0.368 e. The normalized spacial score (nSPS) is 11.1. The quantitative estimate of drug-likeness (QED) is 0.876. The van der Waals surface area contributed by atoms with Gasteiger partial charge in [0, 0.05) is 18.4 Å². The number of rotatable bonds is 4. The highest BCUT2D eigenvalue weighted by Gasteiger charge is 2.14. The molecule has 1 aromatic heterocycles. The van der Waals surface area contributed by atoms with Gasteiger partial charge in [-0.3, -0.25) is 4.79 Å². The standard InChI is InChI=1S/C11H10Cl2FN3O/c12-2-1-11-16-8-3-6(13)7(14)4-9(8)17(11)5-10(15)18/h3-4H,1-2,5H2,(H2,15,18). The maximum atomic E-state index is 13.4. The molecule has 0 saturated heterocycles. The van der Waals surface area contributed by atoms with Gasteiger partial charge in [-0.2, -0.15) is 0 Å². The molecule has 18 heavy (non-hydrogen) atoms. The number of primary amides is 1. The molecule has 0 saturated carbocycles. The molecule has 0 spiro atoms. The Kier molecular flexibility index (Phi) is 3.73. The fourth-order valence-electron chi connectivity index (χ4n) is 1.78. The number of amides is 1. The zero-order chi connectivity index (χ0) is 13.3. The third-order valence-corrected chi connectivity index (χ3v) is 2.98. The van der Waals surface area contributed by atoms with E-state index in [4.69, 9.17) is 28.9 Å². The summed E-state index contributed by atoms with van der Waals surface area (Å²) in [4.78, 5) is 15.3. The third kappa shape index (κ3) is 2.42. The first-order valence-electron chi connectivity index (χ1n) is 5.21. The average molecular weight is 290 g/mol. The van der Waals surface area contributed by atoms with Gasteiger partial charge in [-0.15, -0.1) is 11.6 Å². The number of nitrogens with zero attached hydrogens (tertiary/aromatic N) is 2.